The molecular weight excluding hydrogens is 248 g/mol. The highest BCUT2D eigenvalue weighted by Gasteiger charge is 2.39. The molecule has 1 aliphatic rings. The van der Waals surface area contributed by atoms with E-state index in [2.05, 4.69) is 31.0 Å². The minimum atomic E-state index is -0.152. The number of carbonyl (C=O) groups excluding carboxylic acids is 1. The van der Waals surface area contributed by atoms with Gasteiger partial charge in [0.15, 0.2) is 0 Å². The van der Waals surface area contributed by atoms with Crippen LogP contribution in [0.3, 0.4) is 0 Å². The summed E-state index contributed by atoms with van der Waals surface area (Å²) in [5.74, 6) is 6.35. The maximum atomic E-state index is 12.5. The largest absolute Gasteiger partial charge is 0.347 e. The van der Waals surface area contributed by atoms with Crippen molar-refractivity contribution in [3.05, 3.63) is 34.9 Å². The summed E-state index contributed by atoms with van der Waals surface area (Å²) in [4.78, 5) is 12.5. The Morgan fingerprint density at radius 1 is 1.45 bits per heavy atom. The number of rotatable bonds is 3. The topological polar surface area (TPSA) is 55.1 Å². The highest BCUT2D eigenvalue weighted by Crippen LogP contribution is 2.39. The van der Waals surface area contributed by atoms with Crippen molar-refractivity contribution in [3.63, 3.8) is 0 Å². The number of benzene rings is 1. The first kappa shape index (κ1) is 14.6. The smallest absolute Gasteiger partial charge is 0.252 e. The fourth-order valence-electron chi connectivity index (χ4n) is 2.37. The van der Waals surface area contributed by atoms with Gasteiger partial charge in [-0.25, -0.2) is 0 Å². The summed E-state index contributed by atoms with van der Waals surface area (Å²) in [6.45, 7) is 6.45. The fraction of sp³-hybridized carbons (Fsp3) is 0.471. The van der Waals surface area contributed by atoms with E-state index in [-0.39, 0.29) is 11.4 Å². The lowest BCUT2D eigenvalue weighted by molar-refractivity contribution is 0.0903. The van der Waals surface area contributed by atoms with Crippen molar-refractivity contribution in [3.8, 4) is 11.8 Å². The standard InChI is InChI=1S/C17H22N2O/c1-12-6-9-15(13(11-12)5-4-10-18)16(20)19-17(2,3)14-7-8-14/h6,9,11,14H,7-8,10,18H2,1-3H3,(H,19,20). The van der Waals surface area contributed by atoms with Gasteiger partial charge in [0.25, 0.3) is 5.91 Å². The van der Waals surface area contributed by atoms with Crippen LogP contribution < -0.4 is 11.1 Å². The van der Waals surface area contributed by atoms with Gasteiger partial charge in [-0.15, -0.1) is 0 Å². The van der Waals surface area contributed by atoms with Crippen molar-refractivity contribution in [2.24, 2.45) is 11.7 Å². The Labute approximate surface area is 120 Å². The molecule has 1 aromatic carbocycles. The number of hydrogen-bond acceptors (Lipinski definition) is 2. The molecule has 3 nitrogen and oxygen atoms in total. The Morgan fingerprint density at radius 3 is 2.75 bits per heavy atom. The average molecular weight is 270 g/mol. The molecule has 0 bridgehead atoms. The van der Waals surface area contributed by atoms with Crippen LogP contribution in [0.5, 0.6) is 0 Å². The van der Waals surface area contributed by atoms with E-state index in [1.807, 2.05) is 25.1 Å². The van der Waals surface area contributed by atoms with Gasteiger partial charge in [-0.1, -0.05) is 17.9 Å². The van der Waals surface area contributed by atoms with Crippen LogP contribution in [0.1, 0.15) is 48.2 Å². The second kappa shape index (κ2) is 5.68. The number of hydrogen-bond donors (Lipinski definition) is 2. The molecule has 1 aliphatic carbocycles. The molecule has 0 saturated heterocycles. The summed E-state index contributed by atoms with van der Waals surface area (Å²) in [6.07, 6.45) is 2.39. The van der Waals surface area contributed by atoms with Crippen LogP contribution in [0.2, 0.25) is 0 Å². The lowest BCUT2D eigenvalue weighted by Gasteiger charge is -2.26. The molecule has 0 aromatic heterocycles. The predicted molar refractivity (Wildman–Crippen MR) is 81.4 cm³/mol. The van der Waals surface area contributed by atoms with Gasteiger partial charge >= 0.3 is 0 Å². The van der Waals surface area contributed by atoms with E-state index in [4.69, 9.17) is 5.73 Å². The summed E-state index contributed by atoms with van der Waals surface area (Å²) >= 11 is 0. The van der Waals surface area contributed by atoms with Crippen LogP contribution in [-0.2, 0) is 0 Å². The first-order valence-corrected chi connectivity index (χ1v) is 7.06. The summed E-state index contributed by atoms with van der Waals surface area (Å²) in [5, 5.41) is 3.13. The van der Waals surface area contributed by atoms with Gasteiger partial charge in [-0.2, -0.15) is 0 Å². The van der Waals surface area contributed by atoms with Crippen LogP contribution in [-0.4, -0.2) is 18.0 Å². The fourth-order valence-corrected chi connectivity index (χ4v) is 2.37. The summed E-state index contributed by atoms with van der Waals surface area (Å²) in [6, 6.07) is 5.71. The van der Waals surface area contributed by atoms with Crippen LogP contribution in [0, 0.1) is 24.7 Å². The number of carbonyl (C=O) groups is 1. The molecule has 1 amide bonds. The molecule has 0 unspecified atom stereocenters. The van der Waals surface area contributed by atoms with E-state index in [9.17, 15) is 4.79 Å². The second-order valence-corrected chi connectivity index (χ2v) is 6.01. The zero-order valence-electron chi connectivity index (χ0n) is 12.4. The summed E-state index contributed by atoms with van der Waals surface area (Å²) in [5.41, 5.74) is 7.73. The van der Waals surface area contributed by atoms with Crippen LogP contribution in [0.4, 0.5) is 0 Å². The molecule has 0 atom stereocenters. The van der Waals surface area contributed by atoms with Crippen molar-refractivity contribution in [2.75, 3.05) is 6.54 Å². The number of nitrogens with one attached hydrogen (secondary N) is 1. The second-order valence-electron chi connectivity index (χ2n) is 6.01. The SMILES string of the molecule is Cc1ccc(C(=O)NC(C)(C)C2CC2)c(C#CCN)c1. The maximum Gasteiger partial charge on any atom is 0.252 e. The van der Waals surface area contributed by atoms with E-state index < -0.39 is 0 Å². The van der Waals surface area contributed by atoms with Crippen molar-refractivity contribution in [1.29, 1.82) is 0 Å². The molecule has 0 spiro atoms. The van der Waals surface area contributed by atoms with Gasteiger partial charge in [-0.3, -0.25) is 4.79 Å². The molecule has 1 aromatic rings. The normalized spacial score (nSPS) is 14.4. The van der Waals surface area contributed by atoms with E-state index in [1.54, 1.807) is 0 Å². The Hall–Kier alpha value is -1.79. The first-order valence-electron chi connectivity index (χ1n) is 7.06. The molecular formula is C17H22N2O. The number of aryl methyl sites for hydroxylation is 1. The third-order valence-corrected chi connectivity index (χ3v) is 3.78. The Kier molecular flexibility index (Phi) is 4.15. The van der Waals surface area contributed by atoms with Gasteiger partial charge in [-0.05, 0) is 57.2 Å². The van der Waals surface area contributed by atoms with E-state index in [1.165, 1.54) is 12.8 Å². The highest BCUT2D eigenvalue weighted by atomic mass is 16.1. The molecule has 0 aliphatic heterocycles. The Balaban J connectivity index is 2.24. The lowest BCUT2D eigenvalue weighted by Crippen LogP contribution is -2.45. The van der Waals surface area contributed by atoms with Crippen LogP contribution in [0.25, 0.3) is 0 Å². The van der Waals surface area contributed by atoms with E-state index >= 15 is 0 Å². The third-order valence-electron chi connectivity index (χ3n) is 3.78. The van der Waals surface area contributed by atoms with Crippen molar-refractivity contribution in [2.45, 2.75) is 39.2 Å². The maximum absolute atomic E-state index is 12.5. The van der Waals surface area contributed by atoms with Gasteiger partial charge in [0.2, 0.25) is 0 Å². The molecule has 106 valence electrons. The van der Waals surface area contributed by atoms with E-state index in [0.717, 1.165) is 11.1 Å². The monoisotopic (exact) mass is 270 g/mol. The summed E-state index contributed by atoms with van der Waals surface area (Å²) in [7, 11) is 0. The molecule has 3 N–H and O–H groups in total. The number of amides is 1. The minimum Gasteiger partial charge on any atom is -0.347 e. The van der Waals surface area contributed by atoms with Crippen LogP contribution in [0.15, 0.2) is 18.2 Å². The molecule has 0 heterocycles. The highest BCUT2D eigenvalue weighted by molar-refractivity contribution is 5.97. The van der Waals surface area contributed by atoms with E-state index in [0.29, 0.717) is 18.0 Å². The van der Waals surface area contributed by atoms with Crippen LogP contribution >= 0.6 is 0 Å². The molecule has 1 saturated carbocycles. The molecule has 2 rings (SSSR count). The van der Waals surface area contributed by atoms with Crippen molar-refractivity contribution in [1.82, 2.24) is 5.32 Å². The lowest BCUT2D eigenvalue weighted by atomic mass is 9.97. The summed E-state index contributed by atoms with van der Waals surface area (Å²) < 4.78 is 0. The molecule has 0 radical (unpaired) electrons. The number of nitrogens with two attached hydrogens (primary N) is 1. The molecule has 20 heavy (non-hydrogen) atoms. The zero-order chi connectivity index (χ0) is 14.8. The van der Waals surface area contributed by atoms with Crippen molar-refractivity contribution >= 4 is 5.91 Å². The molecule has 1 fully saturated rings. The Morgan fingerprint density at radius 2 is 2.15 bits per heavy atom. The Bertz CT molecular complexity index is 574. The predicted octanol–water partition coefficient (Wildman–Crippen LogP) is 2.22. The van der Waals surface area contributed by atoms with Crippen molar-refractivity contribution < 1.29 is 4.79 Å². The van der Waals surface area contributed by atoms with Gasteiger partial charge in [0.05, 0.1) is 12.1 Å². The third kappa shape index (κ3) is 3.40. The van der Waals surface area contributed by atoms with Gasteiger partial charge in [0, 0.05) is 11.1 Å². The van der Waals surface area contributed by atoms with Gasteiger partial charge < -0.3 is 11.1 Å². The minimum absolute atomic E-state index is 0.0526. The average Bonchev–Trinajstić information content (AvgIpc) is 3.20. The first-order chi connectivity index (χ1) is 9.44. The zero-order valence-corrected chi connectivity index (χ0v) is 12.4. The quantitative estimate of drug-likeness (QED) is 0.828. The molecule has 3 heteroatoms. The van der Waals surface area contributed by atoms with Gasteiger partial charge in [0.1, 0.15) is 0 Å².